The van der Waals surface area contributed by atoms with Crippen molar-refractivity contribution >= 4 is 0 Å². The molecule has 16 heavy (non-hydrogen) atoms. The van der Waals surface area contributed by atoms with Crippen molar-refractivity contribution in [3.8, 4) is 0 Å². The maximum absolute atomic E-state index is 10.1. The van der Waals surface area contributed by atoms with E-state index in [2.05, 4.69) is 4.98 Å². The Balaban J connectivity index is 2.31. The van der Waals surface area contributed by atoms with E-state index in [4.69, 9.17) is 0 Å². The summed E-state index contributed by atoms with van der Waals surface area (Å²) in [7, 11) is 0. The third-order valence-electron chi connectivity index (χ3n) is 2.58. The Morgan fingerprint density at radius 3 is 2.31 bits per heavy atom. The second-order valence-corrected chi connectivity index (χ2v) is 4.02. The summed E-state index contributed by atoms with van der Waals surface area (Å²) in [6.07, 6.45) is -0.638. The molecule has 0 saturated carbocycles. The third-order valence-corrected chi connectivity index (χ3v) is 2.58. The van der Waals surface area contributed by atoms with Crippen LogP contribution in [0.5, 0.6) is 0 Å². The Hall–Kier alpha value is -1.67. The van der Waals surface area contributed by atoms with Crippen molar-refractivity contribution in [2.45, 2.75) is 20.0 Å². The fraction of sp³-hybridized carbons (Fsp3) is 0.214. The lowest BCUT2D eigenvalue weighted by molar-refractivity contribution is 0.215. The zero-order chi connectivity index (χ0) is 11.5. The molecule has 0 amide bonds. The first kappa shape index (κ1) is 10.8. The zero-order valence-corrected chi connectivity index (χ0v) is 9.51. The topological polar surface area (TPSA) is 33.1 Å². The maximum atomic E-state index is 10.1. The molecule has 0 spiro atoms. The Bertz CT molecular complexity index is 476. The summed E-state index contributed by atoms with van der Waals surface area (Å²) >= 11 is 0. The molecule has 0 aliphatic heterocycles. The van der Waals surface area contributed by atoms with Crippen LogP contribution >= 0.6 is 0 Å². The van der Waals surface area contributed by atoms with Crippen LogP contribution in [-0.2, 0) is 0 Å². The largest absolute Gasteiger partial charge is 0.382 e. The zero-order valence-electron chi connectivity index (χ0n) is 9.51. The van der Waals surface area contributed by atoms with E-state index < -0.39 is 6.10 Å². The molecular formula is C14H15NO. The molecule has 1 N–H and O–H groups in total. The van der Waals surface area contributed by atoms with Gasteiger partial charge in [0.1, 0.15) is 6.10 Å². The lowest BCUT2D eigenvalue weighted by Crippen LogP contribution is -2.02. The van der Waals surface area contributed by atoms with Crippen molar-refractivity contribution in [3.05, 3.63) is 65.0 Å². The van der Waals surface area contributed by atoms with Gasteiger partial charge in [0.2, 0.25) is 0 Å². The molecule has 0 fully saturated rings. The molecule has 1 aromatic carbocycles. The van der Waals surface area contributed by atoms with Gasteiger partial charge < -0.3 is 5.11 Å². The van der Waals surface area contributed by atoms with E-state index in [1.165, 1.54) is 5.56 Å². The second kappa shape index (κ2) is 4.45. The number of nitrogens with zero attached hydrogens (tertiary/aromatic N) is 1. The number of benzene rings is 1. The van der Waals surface area contributed by atoms with Crippen LogP contribution in [0.4, 0.5) is 0 Å². The van der Waals surface area contributed by atoms with Crippen molar-refractivity contribution in [3.63, 3.8) is 0 Å². The average molecular weight is 213 g/mol. The van der Waals surface area contributed by atoms with E-state index >= 15 is 0 Å². The fourth-order valence-electron chi connectivity index (χ4n) is 1.64. The monoisotopic (exact) mass is 213 g/mol. The summed E-state index contributed by atoms with van der Waals surface area (Å²) in [6.45, 7) is 3.95. The quantitative estimate of drug-likeness (QED) is 0.832. The summed E-state index contributed by atoms with van der Waals surface area (Å²) in [6, 6.07) is 13.5. The number of hydrogen-bond acceptors (Lipinski definition) is 2. The van der Waals surface area contributed by atoms with Gasteiger partial charge in [0.05, 0.1) is 5.69 Å². The highest BCUT2D eigenvalue weighted by Crippen LogP contribution is 2.20. The van der Waals surface area contributed by atoms with Gasteiger partial charge in [0, 0.05) is 5.69 Å². The number of rotatable bonds is 2. The van der Waals surface area contributed by atoms with Crippen molar-refractivity contribution < 1.29 is 5.11 Å². The van der Waals surface area contributed by atoms with Gasteiger partial charge in [0.25, 0.3) is 0 Å². The van der Waals surface area contributed by atoms with Gasteiger partial charge in [-0.2, -0.15) is 0 Å². The standard InChI is InChI=1S/C14H15NO/c1-10-6-8-12(9-7-10)14(16)13-5-3-4-11(2)15-13/h3-9,14,16H,1-2H3. The summed E-state index contributed by atoms with van der Waals surface area (Å²) < 4.78 is 0. The van der Waals surface area contributed by atoms with E-state index in [1.54, 1.807) is 0 Å². The highest BCUT2D eigenvalue weighted by Gasteiger charge is 2.11. The van der Waals surface area contributed by atoms with Crippen molar-refractivity contribution in [2.75, 3.05) is 0 Å². The molecule has 1 unspecified atom stereocenters. The molecule has 1 aromatic heterocycles. The summed E-state index contributed by atoms with van der Waals surface area (Å²) in [4.78, 5) is 4.32. The van der Waals surface area contributed by atoms with Gasteiger partial charge in [-0.15, -0.1) is 0 Å². The number of aliphatic hydroxyl groups is 1. The van der Waals surface area contributed by atoms with Gasteiger partial charge in [-0.3, -0.25) is 4.98 Å². The number of aromatic nitrogens is 1. The van der Waals surface area contributed by atoms with Crippen molar-refractivity contribution in [1.29, 1.82) is 0 Å². The SMILES string of the molecule is Cc1ccc(C(O)c2cccc(C)n2)cc1. The highest BCUT2D eigenvalue weighted by molar-refractivity contribution is 5.28. The first-order valence-corrected chi connectivity index (χ1v) is 5.35. The summed E-state index contributed by atoms with van der Waals surface area (Å²) in [5.74, 6) is 0. The van der Waals surface area contributed by atoms with Gasteiger partial charge in [-0.25, -0.2) is 0 Å². The summed E-state index contributed by atoms with van der Waals surface area (Å²) in [5.41, 5.74) is 3.68. The Morgan fingerprint density at radius 2 is 1.69 bits per heavy atom. The van der Waals surface area contributed by atoms with Gasteiger partial charge in [0.15, 0.2) is 0 Å². The Morgan fingerprint density at radius 1 is 1.00 bits per heavy atom. The van der Waals surface area contributed by atoms with E-state index in [1.807, 2.05) is 56.3 Å². The predicted molar refractivity (Wildman–Crippen MR) is 64.2 cm³/mol. The summed E-state index contributed by atoms with van der Waals surface area (Å²) in [5, 5.41) is 10.1. The minimum atomic E-state index is -0.638. The minimum Gasteiger partial charge on any atom is -0.382 e. The highest BCUT2D eigenvalue weighted by atomic mass is 16.3. The van der Waals surface area contributed by atoms with Gasteiger partial charge in [-0.05, 0) is 31.5 Å². The molecule has 0 radical (unpaired) electrons. The first-order valence-electron chi connectivity index (χ1n) is 5.35. The van der Waals surface area contributed by atoms with Crippen molar-refractivity contribution in [2.24, 2.45) is 0 Å². The molecule has 2 heteroatoms. The second-order valence-electron chi connectivity index (χ2n) is 4.02. The molecule has 0 saturated heterocycles. The third kappa shape index (κ3) is 2.28. The number of hydrogen-bond donors (Lipinski definition) is 1. The first-order chi connectivity index (χ1) is 7.66. The molecule has 2 rings (SSSR count). The van der Waals surface area contributed by atoms with Crippen LogP contribution in [0.15, 0.2) is 42.5 Å². The molecule has 1 heterocycles. The molecule has 2 aromatic rings. The molecule has 2 nitrogen and oxygen atoms in total. The van der Waals surface area contributed by atoms with E-state index in [0.717, 1.165) is 11.3 Å². The molecular weight excluding hydrogens is 198 g/mol. The average Bonchev–Trinajstić information content (AvgIpc) is 2.29. The Labute approximate surface area is 95.6 Å². The van der Waals surface area contributed by atoms with E-state index in [9.17, 15) is 5.11 Å². The maximum Gasteiger partial charge on any atom is 0.121 e. The van der Waals surface area contributed by atoms with E-state index in [-0.39, 0.29) is 0 Å². The van der Waals surface area contributed by atoms with Crippen LogP contribution in [-0.4, -0.2) is 10.1 Å². The van der Waals surface area contributed by atoms with Crippen LogP contribution in [0.3, 0.4) is 0 Å². The van der Waals surface area contributed by atoms with Crippen molar-refractivity contribution in [1.82, 2.24) is 4.98 Å². The van der Waals surface area contributed by atoms with Crippen LogP contribution < -0.4 is 0 Å². The van der Waals surface area contributed by atoms with E-state index in [0.29, 0.717) is 5.69 Å². The minimum absolute atomic E-state index is 0.638. The lowest BCUT2D eigenvalue weighted by atomic mass is 10.0. The lowest BCUT2D eigenvalue weighted by Gasteiger charge is -2.11. The number of aryl methyl sites for hydroxylation is 2. The number of pyridine rings is 1. The normalized spacial score (nSPS) is 12.4. The van der Waals surface area contributed by atoms with Gasteiger partial charge >= 0.3 is 0 Å². The molecule has 1 atom stereocenters. The smallest absolute Gasteiger partial charge is 0.121 e. The number of aliphatic hydroxyl groups excluding tert-OH is 1. The predicted octanol–water partition coefficient (Wildman–Crippen LogP) is 2.78. The van der Waals surface area contributed by atoms with Crippen LogP contribution in [0, 0.1) is 13.8 Å². The molecule has 0 aliphatic rings. The molecule has 0 bridgehead atoms. The van der Waals surface area contributed by atoms with Gasteiger partial charge in [-0.1, -0.05) is 35.9 Å². The van der Waals surface area contributed by atoms with Crippen LogP contribution in [0.1, 0.15) is 28.6 Å². The van der Waals surface area contributed by atoms with Crippen LogP contribution in [0.25, 0.3) is 0 Å². The Kier molecular flexibility index (Phi) is 3.02. The van der Waals surface area contributed by atoms with Crippen LogP contribution in [0.2, 0.25) is 0 Å². The molecule has 82 valence electrons. The fourth-order valence-corrected chi connectivity index (χ4v) is 1.64. The molecule has 0 aliphatic carbocycles.